The zero-order valence-corrected chi connectivity index (χ0v) is 22.5. The number of benzene rings is 1. The van der Waals surface area contributed by atoms with Gasteiger partial charge in [0.15, 0.2) is 11.6 Å². The van der Waals surface area contributed by atoms with Crippen molar-refractivity contribution in [1.29, 1.82) is 0 Å². The Labute approximate surface area is 221 Å². The average Bonchev–Trinajstić information content (AvgIpc) is 3.26. The summed E-state index contributed by atoms with van der Waals surface area (Å²) in [5.41, 5.74) is 2.32. The molecule has 0 saturated carbocycles. The Morgan fingerprint density at radius 2 is 1.71 bits per heavy atom. The Balaban J connectivity index is 1.37. The van der Waals surface area contributed by atoms with Gasteiger partial charge in [0, 0.05) is 50.0 Å². The number of pyridine rings is 1. The summed E-state index contributed by atoms with van der Waals surface area (Å²) in [6.07, 6.45) is 2.94. The number of likely N-dealkylation sites (N-methyl/N-ethyl adjacent to an activating group) is 1. The molecule has 4 heterocycles. The van der Waals surface area contributed by atoms with Gasteiger partial charge in [0.05, 0.1) is 11.7 Å². The zero-order chi connectivity index (χ0) is 27.0. The lowest BCUT2D eigenvalue weighted by Gasteiger charge is -2.37. The van der Waals surface area contributed by atoms with Gasteiger partial charge in [-0.3, -0.25) is 4.90 Å². The Bertz CT molecular complexity index is 1430. The first-order chi connectivity index (χ1) is 18.2. The lowest BCUT2D eigenvalue weighted by molar-refractivity contribution is 0.106. The number of aromatic nitrogens is 5. The lowest BCUT2D eigenvalue weighted by atomic mass is 10.1. The topological polar surface area (TPSA) is 75.0 Å². The third-order valence-corrected chi connectivity index (χ3v) is 7.37. The van der Waals surface area contributed by atoms with Crippen LogP contribution in [0.2, 0.25) is 0 Å². The molecule has 1 unspecified atom stereocenters. The van der Waals surface area contributed by atoms with E-state index >= 15 is 0 Å². The fourth-order valence-electron chi connectivity index (χ4n) is 5.21. The summed E-state index contributed by atoms with van der Waals surface area (Å²) in [6, 6.07) is 7.23. The van der Waals surface area contributed by atoms with Gasteiger partial charge >= 0.3 is 0 Å². The van der Waals surface area contributed by atoms with E-state index in [0.717, 1.165) is 44.5 Å². The Morgan fingerprint density at radius 3 is 2.37 bits per heavy atom. The monoisotopic (exact) mass is 520 g/mol. The highest BCUT2D eigenvalue weighted by Crippen LogP contribution is 2.30. The predicted octanol–water partition coefficient (Wildman–Crippen LogP) is 5.50. The average molecular weight is 521 g/mol. The van der Waals surface area contributed by atoms with E-state index in [1.54, 1.807) is 6.07 Å². The third-order valence-electron chi connectivity index (χ3n) is 7.37. The summed E-state index contributed by atoms with van der Waals surface area (Å²) in [4.78, 5) is 22.3. The molecule has 1 fully saturated rings. The molecule has 1 aromatic carbocycles. The number of rotatable bonds is 7. The molecule has 1 atom stereocenters. The van der Waals surface area contributed by atoms with Gasteiger partial charge in [-0.2, -0.15) is 0 Å². The highest BCUT2D eigenvalue weighted by Gasteiger charge is 2.22. The fourth-order valence-corrected chi connectivity index (χ4v) is 5.21. The highest BCUT2D eigenvalue weighted by atomic mass is 19.1. The molecule has 8 nitrogen and oxygen atoms in total. The van der Waals surface area contributed by atoms with E-state index in [1.807, 2.05) is 43.7 Å². The molecule has 1 aliphatic heterocycles. The second-order valence-corrected chi connectivity index (χ2v) is 10.1. The first-order valence-corrected chi connectivity index (χ1v) is 13.2. The molecule has 0 spiro atoms. The molecule has 0 radical (unpaired) electrons. The van der Waals surface area contributed by atoms with E-state index < -0.39 is 11.6 Å². The van der Waals surface area contributed by atoms with Gasteiger partial charge in [-0.15, -0.1) is 0 Å². The standard InChI is InChI=1S/C28H34F2N8/c1-6-36-9-11-37(12-10-36)18(4)20-7-8-25(31-15-20)34-28-32-16-23(30)26(35-28)21-13-22(29)27-24(14-21)38(17(2)3)19(5)33-27/h7-8,13-18H,6,9-12H2,1-5H3,(H,31,32,34,35). The molecule has 4 aromatic rings. The minimum atomic E-state index is -0.637. The number of imidazole rings is 1. The van der Waals surface area contributed by atoms with Crippen molar-refractivity contribution in [3.8, 4) is 11.3 Å². The first-order valence-electron chi connectivity index (χ1n) is 13.2. The third kappa shape index (κ3) is 5.10. The molecular formula is C28H34F2N8. The van der Waals surface area contributed by atoms with Gasteiger partial charge in [0.2, 0.25) is 5.95 Å². The second kappa shape index (κ2) is 10.7. The molecule has 200 valence electrons. The number of piperazine rings is 1. The van der Waals surface area contributed by atoms with E-state index in [9.17, 15) is 8.78 Å². The molecule has 0 amide bonds. The highest BCUT2D eigenvalue weighted by molar-refractivity contribution is 5.83. The Kier molecular flexibility index (Phi) is 7.36. The lowest BCUT2D eigenvalue weighted by Crippen LogP contribution is -2.46. The molecule has 3 aromatic heterocycles. The van der Waals surface area contributed by atoms with Crippen molar-refractivity contribution in [1.82, 2.24) is 34.3 Å². The van der Waals surface area contributed by atoms with Crippen LogP contribution < -0.4 is 5.32 Å². The van der Waals surface area contributed by atoms with Crippen molar-refractivity contribution >= 4 is 22.8 Å². The van der Waals surface area contributed by atoms with Crippen molar-refractivity contribution in [3.05, 3.63) is 59.7 Å². The first kappa shape index (κ1) is 26.1. The van der Waals surface area contributed by atoms with Gasteiger partial charge in [0.25, 0.3) is 0 Å². The van der Waals surface area contributed by atoms with Crippen LogP contribution in [0.1, 0.15) is 51.2 Å². The molecule has 38 heavy (non-hydrogen) atoms. The van der Waals surface area contributed by atoms with Crippen LogP contribution in [0, 0.1) is 18.6 Å². The molecule has 1 saturated heterocycles. The number of aryl methyl sites for hydroxylation is 1. The van der Waals surface area contributed by atoms with E-state index in [-0.39, 0.29) is 29.2 Å². The summed E-state index contributed by atoms with van der Waals surface area (Å²) in [5, 5.41) is 3.05. The van der Waals surface area contributed by atoms with Crippen molar-refractivity contribution < 1.29 is 8.78 Å². The van der Waals surface area contributed by atoms with Crippen LogP contribution in [0.3, 0.4) is 0 Å². The smallest absolute Gasteiger partial charge is 0.229 e. The molecule has 1 aliphatic rings. The quantitative estimate of drug-likeness (QED) is 0.345. The van der Waals surface area contributed by atoms with E-state index in [4.69, 9.17) is 0 Å². The minimum absolute atomic E-state index is 0.00826. The zero-order valence-electron chi connectivity index (χ0n) is 22.5. The summed E-state index contributed by atoms with van der Waals surface area (Å²) < 4.78 is 31.7. The van der Waals surface area contributed by atoms with E-state index in [0.29, 0.717) is 22.7 Å². The number of anilines is 2. The van der Waals surface area contributed by atoms with Gasteiger partial charge < -0.3 is 14.8 Å². The predicted molar refractivity (Wildman–Crippen MR) is 145 cm³/mol. The van der Waals surface area contributed by atoms with E-state index in [1.165, 1.54) is 6.07 Å². The van der Waals surface area contributed by atoms with Crippen LogP contribution >= 0.6 is 0 Å². The molecule has 0 aliphatic carbocycles. The van der Waals surface area contributed by atoms with E-state index in [2.05, 4.69) is 48.9 Å². The normalized spacial score (nSPS) is 15.9. The van der Waals surface area contributed by atoms with Gasteiger partial charge in [-0.05, 0) is 58.0 Å². The molecule has 10 heteroatoms. The van der Waals surface area contributed by atoms with Crippen LogP contribution in [0.4, 0.5) is 20.5 Å². The number of fused-ring (bicyclic) bond motifs is 1. The van der Waals surface area contributed by atoms with Crippen LogP contribution in [0.5, 0.6) is 0 Å². The van der Waals surface area contributed by atoms with Crippen LogP contribution in [0.25, 0.3) is 22.3 Å². The number of hydrogen-bond donors (Lipinski definition) is 1. The maximum atomic E-state index is 15.0. The Morgan fingerprint density at radius 1 is 0.947 bits per heavy atom. The SMILES string of the molecule is CCN1CCN(C(C)c2ccc(Nc3ncc(F)c(-c4cc(F)c5nc(C)n(C(C)C)c5c4)n3)nc2)CC1. The number of nitrogens with zero attached hydrogens (tertiary/aromatic N) is 7. The second-order valence-electron chi connectivity index (χ2n) is 10.1. The largest absolute Gasteiger partial charge is 0.326 e. The number of hydrogen-bond acceptors (Lipinski definition) is 7. The minimum Gasteiger partial charge on any atom is -0.326 e. The van der Waals surface area contributed by atoms with Crippen LogP contribution in [-0.4, -0.2) is 67.0 Å². The van der Waals surface area contributed by atoms with Crippen molar-refractivity contribution in [2.24, 2.45) is 0 Å². The summed E-state index contributed by atoms with van der Waals surface area (Å²) in [7, 11) is 0. The number of halogens is 2. The fraction of sp³-hybridized carbons (Fsp3) is 0.429. The van der Waals surface area contributed by atoms with Crippen molar-refractivity contribution in [2.75, 3.05) is 38.0 Å². The molecule has 0 bridgehead atoms. The Hall–Kier alpha value is -3.50. The van der Waals surface area contributed by atoms with Gasteiger partial charge in [-0.25, -0.2) is 28.7 Å². The molecular weight excluding hydrogens is 486 g/mol. The summed E-state index contributed by atoms with van der Waals surface area (Å²) in [6.45, 7) is 15.5. The number of nitrogens with one attached hydrogen (secondary N) is 1. The maximum Gasteiger partial charge on any atom is 0.229 e. The van der Waals surface area contributed by atoms with Crippen molar-refractivity contribution in [3.63, 3.8) is 0 Å². The maximum absolute atomic E-state index is 15.0. The van der Waals surface area contributed by atoms with Crippen LogP contribution in [-0.2, 0) is 0 Å². The van der Waals surface area contributed by atoms with Crippen LogP contribution in [0.15, 0.2) is 36.7 Å². The summed E-state index contributed by atoms with van der Waals surface area (Å²) >= 11 is 0. The molecule has 5 rings (SSSR count). The molecule has 1 N–H and O–H groups in total. The van der Waals surface area contributed by atoms with Gasteiger partial charge in [0.1, 0.15) is 22.9 Å². The van der Waals surface area contributed by atoms with Gasteiger partial charge in [-0.1, -0.05) is 13.0 Å². The van der Waals surface area contributed by atoms with Crippen molar-refractivity contribution in [2.45, 2.75) is 46.7 Å². The summed E-state index contributed by atoms with van der Waals surface area (Å²) in [5.74, 6) is 0.268.